The summed E-state index contributed by atoms with van der Waals surface area (Å²) in [6, 6.07) is 12.0. The van der Waals surface area contributed by atoms with Crippen molar-refractivity contribution in [2.24, 2.45) is 5.11 Å². The standard InChI is InChI=1S/C24H33N5O5/c1-26-23-7-4-21(5-8-23)2-3-22-6-9-24(27-20-22)34-19-18-33-17-16-32-15-14-31-13-12-30-11-10-28-29-25/h2-9,20,26H,10-19H2,1H3/b3-2+. The van der Waals surface area contributed by atoms with Gasteiger partial charge in [-0.1, -0.05) is 29.4 Å². The molecule has 0 aliphatic carbocycles. The third-order valence-corrected chi connectivity index (χ3v) is 4.42. The van der Waals surface area contributed by atoms with Crippen molar-refractivity contribution >= 4 is 17.8 Å². The number of pyridine rings is 1. The Morgan fingerprint density at radius 1 is 0.794 bits per heavy atom. The van der Waals surface area contributed by atoms with Crippen molar-refractivity contribution in [3.63, 3.8) is 0 Å². The number of benzene rings is 1. The Balaban J connectivity index is 1.43. The Hall–Kier alpha value is -3.14. The van der Waals surface area contributed by atoms with Crippen molar-refractivity contribution in [1.82, 2.24) is 4.98 Å². The molecule has 0 aliphatic heterocycles. The highest BCUT2D eigenvalue weighted by atomic mass is 16.6. The number of rotatable bonds is 19. The monoisotopic (exact) mass is 471 g/mol. The van der Waals surface area contributed by atoms with Crippen molar-refractivity contribution in [3.05, 3.63) is 64.2 Å². The molecule has 0 saturated heterocycles. The van der Waals surface area contributed by atoms with Crippen molar-refractivity contribution in [1.29, 1.82) is 0 Å². The highest BCUT2D eigenvalue weighted by Gasteiger charge is 1.97. The summed E-state index contributed by atoms with van der Waals surface area (Å²) < 4.78 is 27.1. The van der Waals surface area contributed by atoms with E-state index in [9.17, 15) is 0 Å². The average Bonchev–Trinajstić information content (AvgIpc) is 2.88. The van der Waals surface area contributed by atoms with Gasteiger partial charge in [0.2, 0.25) is 5.88 Å². The van der Waals surface area contributed by atoms with Gasteiger partial charge in [-0.2, -0.15) is 0 Å². The number of aromatic nitrogens is 1. The summed E-state index contributed by atoms with van der Waals surface area (Å²) in [5.41, 5.74) is 11.3. The molecule has 10 nitrogen and oxygen atoms in total. The topological polar surface area (TPSA) is 120 Å². The fourth-order valence-electron chi connectivity index (χ4n) is 2.65. The van der Waals surface area contributed by atoms with E-state index in [1.54, 1.807) is 6.20 Å². The van der Waals surface area contributed by atoms with E-state index >= 15 is 0 Å². The van der Waals surface area contributed by atoms with Crippen LogP contribution in [0.25, 0.3) is 22.6 Å². The smallest absolute Gasteiger partial charge is 0.213 e. The van der Waals surface area contributed by atoms with Gasteiger partial charge >= 0.3 is 0 Å². The molecular formula is C24H33N5O5. The minimum Gasteiger partial charge on any atom is -0.475 e. The second kappa shape index (κ2) is 18.3. The normalized spacial score (nSPS) is 10.9. The molecular weight excluding hydrogens is 438 g/mol. The molecule has 0 unspecified atom stereocenters. The van der Waals surface area contributed by atoms with Gasteiger partial charge in [-0.05, 0) is 34.9 Å². The first-order valence-electron chi connectivity index (χ1n) is 11.2. The molecule has 0 aliphatic rings. The largest absolute Gasteiger partial charge is 0.475 e. The maximum Gasteiger partial charge on any atom is 0.213 e. The van der Waals surface area contributed by atoms with Crippen LogP contribution >= 0.6 is 0 Å². The van der Waals surface area contributed by atoms with Gasteiger partial charge in [0, 0.05) is 36.5 Å². The van der Waals surface area contributed by atoms with Crippen molar-refractivity contribution in [3.8, 4) is 5.88 Å². The number of azide groups is 1. The van der Waals surface area contributed by atoms with E-state index in [1.807, 2.05) is 43.5 Å². The molecule has 0 radical (unpaired) electrons. The molecule has 10 heteroatoms. The van der Waals surface area contributed by atoms with E-state index in [0.29, 0.717) is 71.9 Å². The van der Waals surface area contributed by atoms with Crippen LogP contribution in [-0.4, -0.2) is 78.0 Å². The molecule has 2 rings (SSSR count). The van der Waals surface area contributed by atoms with Crippen LogP contribution in [0.5, 0.6) is 5.88 Å². The average molecular weight is 472 g/mol. The maximum absolute atomic E-state index is 8.12. The SMILES string of the molecule is CNc1ccc(/C=C/c2ccc(OCCOCCOCCOCCOCCN=[N+]=[N-])nc2)cc1. The lowest BCUT2D eigenvalue weighted by molar-refractivity contribution is -0.00399. The second-order valence-corrected chi connectivity index (χ2v) is 6.89. The first kappa shape index (κ1) is 27.1. The molecule has 0 amide bonds. The molecule has 1 aromatic carbocycles. The van der Waals surface area contributed by atoms with Crippen molar-refractivity contribution < 1.29 is 23.7 Å². The Labute approximate surface area is 200 Å². The molecule has 0 bridgehead atoms. The van der Waals surface area contributed by atoms with Crippen LogP contribution in [0.1, 0.15) is 11.1 Å². The summed E-state index contributed by atoms with van der Waals surface area (Å²) in [5, 5.41) is 6.48. The van der Waals surface area contributed by atoms with Crippen molar-refractivity contribution in [2.75, 3.05) is 78.4 Å². The molecule has 1 N–H and O–H groups in total. The fourth-order valence-corrected chi connectivity index (χ4v) is 2.65. The Morgan fingerprint density at radius 3 is 1.91 bits per heavy atom. The lowest BCUT2D eigenvalue weighted by Gasteiger charge is -2.08. The van der Waals surface area contributed by atoms with Crippen LogP contribution in [0.4, 0.5) is 5.69 Å². The zero-order valence-corrected chi connectivity index (χ0v) is 19.6. The Morgan fingerprint density at radius 2 is 1.35 bits per heavy atom. The van der Waals surface area contributed by atoms with Gasteiger partial charge in [0.1, 0.15) is 6.61 Å². The molecule has 34 heavy (non-hydrogen) atoms. The van der Waals surface area contributed by atoms with Crippen LogP contribution in [0.3, 0.4) is 0 Å². The predicted molar refractivity (Wildman–Crippen MR) is 132 cm³/mol. The van der Waals surface area contributed by atoms with Gasteiger partial charge in [-0.25, -0.2) is 4.98 Å². The summed E-state index contributed by atoms with van der Waals surface area (Å²) in [6.45, 7) is 4.50. The van der Waals surface area contributed by atoms with E-state index < -0.39 is 0 Å². The highest BCUT2D eigenvalue weighted by molar-refractivity contribution is 5.70. The van der Waals surface area contributed by atoms with Crippen LogP contribution in [0.15, 0.2) is 47.7 Å². The van der Waals surface area contributed by atoms with Crippen LogP contribution < -0.4 is 10.1 Å². The lowest BCUT2D eigenvalue weighted by Crippen LogP contribution is -2.14. The Bertz CT molecular complexity index is 855. The third kappa shape index (κ3) is 12.8. The first-order chi connectivity index (χ1) is 16.8. The van der Waals surface area contributed by atoms with E-state index in [-0.39, 0.29) is 0 Å². The van der Waals surface area contributed by atoms with Crippen LogP contribution in [-0.2, 0) is 18.9 Å². The van der Waals surface area contributed by atoms with E-state index in [0.717, 1.165) is 16.8 Å². The second-order valence-electron chi connectivity index (χ2n) is 6.89. The summed E-state index contributed by atoms with van der Waals surface area (Å²) in [4.78, 5) is 6.96. The Kier molecular flexibility index (Phi) is 14.6. The number of anilines is 1. The minimum atomic E-state index is 0.332. The third-order valence-electron chi connectivity index (χ3n) is 4.42. The molecule has 1 aromatic heterocycles. The summed E-state index contributed by atoms with van der Waals surface area (Å²) in [5.74, 6) is 0.564. The molecule has 0 fully saturated rings. The van der Waals surface area contributed by atoms with Gasteiger partial charge < -0.3 is 29.0 Å². The maximum atomic E-state index is 8.12. The molecule has 1 heterocycles. The predicted octanol–water partition coefficient (Wildman–Crippen LogP) is 4.05. The van der Waals surface area contributed by atoms with Gasteiger partial charge in [0.25, 0.3) is 0 Å². The van der Waals surface area contributed by atoms with Gasteiger partial charge in [-0.3, -0.25) is 0 Å². The summed E-state index contributed by atoms with van der Waals surface area (Å²) in [7, 11) is 1.90. The number of nitrogens with zero attached hydrogens (tertiary/aromatic N) is 4. The molecule has 0 atom stereocenters. The van der Waals surface area contributed by atoms with E-state index in [1.165, 1.54) is 0 Å². The van der Waals surface area contributed by atoms with Crippen LogP contribution in [0, 0.1) is 0 Å². The number of nitrogens with one attached hydrogen (secondary N) is 1. The minimum absolute atomic E-state index is 0.332. The quantitative estimate of drug-likeness (QED) is 0.142. The summed E-state index contributed by atoms with van der Waals surface area (Å²) >= 11 is 0. The number of hydrogen-bond acceptors (Lipinski definition) is 8. The lowest BCUT2D eigenvalue weighted by atomic mass is 10.1. The molecule has 0 saturated carbocycles. The van der Waals surface area contributed by atoms with Gasteiger partial charge in [0.05, 0.1) is 52.9 Å². The first-order valence-corrected chi connectivity index (χ1v) is 11.2. The molecule has 184 valence electrons. The number of hydrogen-bond donors (Lipinski definition) is 1. The molecule has 2 aromatic rings. The zero-order valence-electron chi connectivity index (χ0n) is 19.6. The van der Waals surface area contributed by atoms with Gasteiger partial charge in [0.15, 0.2) is 0 Å². The van der Waals surface area contributed by atoms with Crippen molar-refractivity contribution in [2.45, 2.75) is 0 Å². The zero-order chi connectivity index (χ0) is 24.1. The summed E-state index contributed by atoms with van der Waals surface area (Å²) in [6.07, 6.45) is 5.84. The van der Waals surface area contributed by atoms with Crippen LogP contribution in [0.2, 0.25) is 0 Å². The highest BCUT2D eigenvalue weighted by Crippen LogP contribution is 2.13. The fraction of sp³-hybridized carbons (Fsp3) is 0.458. The molecule has 0 spiro atoms. The van der Waals surface area contributed by atoms with E-state index in [4.69, 9.17) is 29.2 Å². The van der Waals surface area contributed by atoms with Gasteiger partial charge in [-0.15, -0.1) is 0 Å². The number of ether oxygens (including phenoxy) is 5. The van der Waals surface area contributed by atoms with E-state index in [2.05, 4.69) is 32.5 Å².